The number of rotatable bonds is 2. The molecule has 0 atom stereocenters. The molecule has 5 N–H and O–H groups in total. The Morgan fingerprint density at radius 1 is 1.00 bits per heavy atom. The van der Waals surface area contributed by atoms with Gasteiger partial charge in [0, 0.05) is 34.6 Å². The first-order valence-corrected chi connectivity index (χ1v) is 6.66. The highest BCUT2D eigenvalue weighted by Gasteiger charge is 2.19. The van der Waals surface area contributed by atoms with Crippen molar-refractivity contribution in [1.29, 1.82) is 0 Å². The van der Waals surface area contributed by atoms with E-state index in [2.05, 4.69) is 5.32 Å². The minimum atomic E-state index is -0.199. The third kappa shape index (κ3) is 2.45. The lowest BCUT2D eigenvalue weighted by molar-refractivity contribution is 0.0946. The molecular formula is C16H15N3O2. The molecule has 0 radical (unpaired) electrons. The summed E-state index contributed by atoms with van der Waals surface area (Å²) in [7, 11) is 0. The molecule has 2 aromatic carbocycles. The summed E-state index contributed by atoms with van der Waals surface area (Å²) in [6.45, 7) is 0.630. The van der Waals surface area contributed by atoms with Crippen LogP contribution in [-0.4, -0.2) is 18.2 Å². The molecule has 21 heavy (non-hydrogen) atoms. The maximum atomic E-state index is 12.5. The van der Waals surface area contributed by atoms with Crippen molar-refractivity contribution in [1.82, 2.24) is 5.32 Å². The topological polar surface area (TPSA) is 98.2 Å². The van der Waals surface area contributed by atoms with E-state index in [-0.39, 0.29) is 11.7 Å². The zero-order chi connectivity index (χ0) is 15.0. The molecule has 0 aliphatic carbocycles. The zero-order valence-electron chi connectivity index (χ0n) is 11.3. The Kier molecular flexibility index (Phi) is 3.10. The molecule has 1 heterocycles. The first kappa shape index (κ1) is 13.2. The third-order valence-corrected chi connectivity index (χ3v) is 3.54. The molecule has 0 bridgehead atoms. The summed E-state index contributed by atoms with van der Waals surface area (Å²) < 4.78 is 0. The van der Waals surface area contributed by atoms with Crippen molar-refractivity contribution in [2.45, 2.75) is 6.42 Å². The van der Waals surface area contributed by atoms with Crippen LogP contribution in [0.15, 0.2) is 36.4 Å². The number of nitrogen functional groups attached to an aromatic ring is 2. The Labute approximate surface area is 121 Å². The van der Waals surface area contributed by atoms with Crippen molar-refractivity contribution >= 4 is 23.1 Å². The monoisotopic (exact) mass is 281 g/mol. The number of hydrogen-bond donors (Lipinski definition) is 3. The predicted octanol–water partition coefficient (Wildman–Crippen LogP) is 1.37. The molecule has 0 spiro atoms. The number of nitrogens with two attached hydrogens (primary N) is 2. The van der Waals surface area contributed by atoms with Gasteiger partial charge in [0.2, 0.25) is 0 Å². The van der Waals surface area contributed by atoms with Crippen LogP contribution in [0.25, 0.3) is 0 Å². The van der Waals surface area contributed by atoms with E-state index in [0.29, 0.717) is 34.6 Å². The maximum absolute atomic E-state index is 12.5. The summed E-state index contributed by atoms with van der Waals surface area (Å²) in [5.74, 6) is -0.340. The second kappa shape index (κ2) is 4.94. The van der Waals surface area contributed by atoms with Crippen molar-refractivity contribution in [3.05, 3.63) is 58.7 Å². The van der Waals surface area contributed by atoms with Gasteiger partial charge in [0.1, 0.15) is 0 Å². The molecule has 5 heteroatoms. The molecule has 0 aromatic heterocycles. The first-order chi connectivity index (χ1) is 10.0. The van der Waals surface area contributed by atoms with Gasteiger partial charge in [0.25, 0.3) is 5.91 Å². The standard InChI is InChI=1S/C16H15N3O2/c17-12-5-11(6-13(18)8-12)15(20)10-2-1-9-3-4-19-16(21)14(9)7-10/h1-2,5-8H,3-4,17-18H2,(H,19,21). The average molecular weight is 281 g/mol. The molecule has 106 valence electrons. The number of benzene rings is 2. The summed E-state index contributed by atoms with van der Waals surface area (Å²) in [6, 6.07) is 9.95. The van der Waals surface area contributed by atoms with Crippen LogP contribution in [0.5, 0.6) is 0 Å². The number of amides is 1. The van der Waals surface area contributed by atoms with Gasteiger partial charge >= 0.3 is 0 Å². The van der Waals surface area contributed by atoms with Gasteiger partial charge in [-0.15, -0.1) is 0 Å². The van der Waals surface area contributed by atoms with Gasteiger partial charge in [-0.3, -0.25) is 9.59 Å². The quantitative estimate of drug-likeness (QED) is 0.572. The molecular weight excluding hydrogens is 266 g/mol. The van der Waals surface area contributed by atoms with Gasteiger partial charge in [-0.1, -0.05) is 12.1 Å². The van der Waals surface area contributed by atoms with Crippen molar-refractivity contribution in [2.75, 3.05) is 18.0 Å². The number of carbonyl (C=O) groups excluding carboxylic acids is 2. The Balaban J connectivity index is 2.02. The van der Waals surface area contributed by atoms with Crippen LogP contribution in [0.1, 0.15) is 31.8 Å². The van der Waals surface area contributed by atoms with Gasteiger partial charge in [0.05, 0.1) is 0 Å². The number of ketones is 1. The summed E-state index contributed by atoms with van der Waals surface area (Å²) in [5, 5.41) is 2.77. The fraction of sp³-hybridized carbons (Fsp3) is 0.125. The zero-order valence-corrected chi connectivity index (χ0v) is 11.3. The number of nitrogens with one attached hydrogen (secondary N) is 1. The number of anilines is 2. The molecule has 0 saturated heterocycles. The van der Waals surface area contributed by atoms with Gasteiger partial charge < -0.3 is 16.8 Å². The normalized spacial score (nSPS) is 13.4. The lowest BCUT2D eigenvalue weighted by atomic mass is 9.94. The van der Waals surface area contributed by atoms with Crippen LogP contribution in [-0.2, 0) is 6.42 Å². The molecule has 3 rings (SSSR count). The second-order valence-corrected chi connectivity index (χ2v) is 5.10. The summed E-state index contributed by atoms with van der Waals surface area (Å²) >= 11 is 0. The lowest BCUT2D eigenvalue weighted by Crippen LogP contribution is -2.32. The highest BCUT2D eigenvalue weighted by Crippen LogP contribution is 2.21. The van der Waals surface area contributed by atoms with E-state index >= 15 is 0 Å². The molecule has 5 nitrogen and oxygen atoms in total. The lowest BCUT2D eigenvalue weighted by Gasteiger charge is -2.17. The predicted molar refractivity (Wildman–Crippen MR) is 81.2 cm³/mol. The Hall–Kier alpha value is -2.82. The van der Waals surface area contributed by atoms with Crippen LogP contribution < -0.4 is 16.8 Å². The van der Waals surface area contributed by atoms with Crippen molar-refractivity contribution in [3.8, 4) is 0 Å². The van der Waals surface area contributed by atoms with Crippen molar-refractivity contribution < 1.29 is 9.59 Å². The number of hydrogen-bond acceptors (Lipinski definition) is 4. The minimum absolute atomic E-state index is 0.141. The van der Waals surface area contributed by atoms with Gasteiger partial charge in [-0.25, -0.2) is 0 Å². The molecule has 1 amide bonds. The fourth-order valence-electron chi connectivity index (χ4n) is 2.53. The van der Waals surface area contributed by atoms with Crippen molar-refractivity contribution in [3.63, 3.8) is 0 Å². The SMILES string of the molecule is Nc1cc(N)cc(C(=O)c2ccc3c(c2)C(=O)NCC3)c1. The maximum Gasteiger partial charge on any atom is 0.251 e. The molecule has 0 fully saturated rings. The van der Waals surface area contributed by atoms with Crippen LogP contribution in [0.3, 0.4) is 0 Å². The summed E-state index contributed by atoms with van der Waals surface area (Å²) in [4.78, 5) is 24.3. The van der Waals surface area contributed by atoms with E-state index in [1.165, 1.54) is 0 Å². The van der Waals surface area contributed by atoms with Crippen LogP contribution in [0.4, 0.5) is 11.4 Å². The van der Waals surface area contributed by atoms with E-state index in [1.54, 1.807) is 30.3 Å². The Bertz CT molecular complexity index is 733. The van der Waals surface area contributed by atoms with Gasteiger partial charge in [-0.05, 0) is 36.2 Å². The first-order valence-electron chi connectivity index (χ1n) is 6.66. The smallest absolute Gasteiger partial charge is 0.251 e. The largest absolute Gasteiger partial charge is 0.399 e. The molecule has 0 saturated carbocycles. The third-order valence-electron chi connectivity index (χ3n) is 3.54. The Morgan fingerprint density at radius 3 is 2.43 bits per heavy atom. The minimum Gasteiger partial charge on any atom is -0.399 e. The van der Waals surface area contributed by atoms with E-state index in [1.807, 2.05) is 6.07 Å². The highest BCUT2D eigenvalue weighted by atomic mass is 16.1. The van der Waals surface area contributed by atoms with E-state index < -0.39 is 0 Å². The second-order valence-electron chi connectivity index (χ2n) is 5.10. The van der Waals surface area contributed by atoms with Crippen LogP contribution in [0, 0.1) is 0 Å². The van der Waals surface area contributed by atoms with Crippen LogP contribution >= 0.6 is 0 Å². The number of fused-ring (bicyclic) bond motifs is 1. The molecule has 1 aliphatic rings. The average Bonchev–Trinajstić information content (AvgIpc) is 2.45. The van der Waals surface area contributed by atoms with E-state index in [9.17, 15) is 9.59 Å². The molecule has 1 aliphatic heterocycles. The van der Waals surface area contributed by atoms with Crippen LogP contribution in [0.2, 0.25) is 0 Å². The van der Waals surface area contributed by atoms with E-state index in [4.69, 9.17) is 11.5 Å². The van der Waals surface area contributed by atoms with E-state index in [0.717, 1.165) is 12.0 Å². The van der Waals surface area contributed by atoms with Gasteiger partial charge in [-0.2, -0.15) is 0 Å². The number of carbonyl (C=O) groups is 2. The molecule has 0 unspecified atom stereocenters. The Morgan fingerprint density at radius 2 is 1.71 bits per heavy atom. The summed E-state index contributed by atoms with van der Waals surface area (Å²) in [6.07, 6.45) is 0.779. The highest BCUT2D eigenvalue weighted by molar-refractivity contribution is 6.11. The summed E-state index contributed by atoms with van der Waals surface area (Å²) in [5.41, 5.74) is 14.7. The fourth-order valence-corrected chi connectivity index (χ4v) is 2.53. The molecule has 2 aromatic rings. The van der Waals surface area contributed by atoms with Crippen molar-refractivity contribution in [2.24, 2.45) is 0 Å². The van der Waals surface area contributed by atoms with Gasteiger partial charge in [0.15, 0.2) is 5.78 Å².